The largest absolute Gasteiger partial charge is 0.439 e. The van der Waals surface area contributed by atoms with E-state index in [0.717, 1.165) is 0 Å². The van der Waals surface area contributed by atoms with Crippen molar-refractivity contribution in [2.24, 2.45) is 0 Å². The summed E-state index contributed by atoms with van der Waals surface area (Å²) in [6.07, 6.45) is -33.8. The standard InChI is InChI=1S/C13H5F12NO2/c14-8(10(16,17)18)12(22,23)27-6-2-1-5(4-26)3-7(6)28-13(24,25)9(15)11(19,20)21/h1-3,8-9H. The minimum absolute atomic E-state index is 0.0449. The summed E-state index contributed by atoms with van der Waals surface area (Å²) in [7, 11) is 0. The van der Waals surface area contributed by atoms with Crippen LogP contribution in [0.5, 0.6) is 11.5 Å². The second-order valence-electron chi connectivity index (χ2n) is 4.91. The fourth-order valence-electron chi connectivity index (χ4n) is 1.52. The maximum Gasteiger partial charge on any atom is 0.439 e. The van der Waals surface area contributed by atoms with Crippen LogP contribution in [0.25, 0.3) is 0 Å². The summed E-state index contributed by atoms with van der Waals surface area (Å²) >= 11 is 0. The number of hydrogen-bond acceptors (Lipinski definition) is 3. The normalized spacial score (nSPS) is 15.5. The van der Waals surface area contributed by atoms with Crippen molar-refractivity contribution < 1.29 is 62.2 Å². The Kier molecular flexibility index (Phi) is 6.27. The van der Waals surface area contributed by atoms with Crippen molar-refractivity contribution in [1.29, 1.82) is 5.26 Å². The van der Waals surface area contributed by atoms with E-state index in [4.69, 9.17) is 5.26 Å². The molecule has 1 rings (SSSR count). The predicted octanol–water partition coefficient (Wildman–Crippen LogP) is 5.30. The van der Waals surface area contributed by atoms with Gasteiger partial charge in [-0.25, -0.2) is 8.78 Å². The highest BCUT2D eigenvalue weighted by molar-refractivity contribution is 5.47. The molecule has 0 saturated carbocycles. The molecule has 1 aromatic carbocycles. The van der Waals surface area contributed by atoms with Gasteiger partial charge in [0.1, 0.15) is 0 Å². The molecule has 15 heteroatoms. The van der Waals surface area contributed by atoms with E-state index in [-0.39, 0.29) is 12.1 Å². The third kappa shape index (κ3) is 5.49. The fourth-order valence-corrected chi connectivity index (χ4v) is 1.52. The maximum absolute atomic E-state index is 13.3. The van der Waals surface area contributed by atoms with Crippen molar-refractivity contribution in [3.8, 4) is 17.6 Å². The van der Waals surface area contributed by atoms with E-state index in [0.29, 0.717) is 6.07 Å². The van der Waals surface area contributed by atoms with E-state index in [2.05, 4.69) is 9.47 Å². The van der Waals surface area contributed by atoms with Crippen LogP contribution in [0.4, 0.5) is 52.7 Å². The molecule has 0 radical (unpaired) electrons. The van der Waals surface area contributed by atoms with Crippen molar-refractivity contribution in [3.63, 3.8) is 0 Å². The van der Waals surface area contributed by atoms with Gasteiger partial charge < -0.3 is 9.47 Å². The molecule has 0 aromatic heterocycles. The molecule has 2 atom stereocenters. The molecule has 28 heavy (non-hydrogen) atoms. The molecule has 158 valence electrons. The number of ether oxygens (including phenoxy) is 2. The van der Waals surface area contributed by atoms with Crippen LogP contribution in [0.1, 0.15) is 5.56 Å². The van der Waals surface area contributed by atoms with Crippen LogP contribution >= 0.6 is 0 Å². The van der Waals surface area contributed by atoms with Crippen LogP contribution in [0.15, 0.2) is 18.2 Å². The summed E-state index contributed by atoms with van der Waals surface area (Å²) in [5.41, 5.74) is -0.725. The van der Waals surface area contributed by atoms with Gasteiger partial charge in [0.15, 0.2) is 11.5 Å². The first-order valence-corrected chi connectivity index (χ1v) is 6.51. The Balaban J connectivity index is 3.32. The van der Waals surface area contributed by atoms with Crippen molar-refractivity contribution in [1.82, 2.24) is 0 Å². The Bertz CT molecular complexity index is 737. The second-order valence-corrected chi connectivity index (χ2v) is 4.91. The quantitative estimate of drug-likeness (QED) is 0.570. The highest BCUT2D eigenvalue weighted by Crippen LogP contribution is 2.43. The smallest absolute Gasteiger partial charge is 0.426 e. The monoisotopic (exact) mass is 435 g/mol. The van der Waals surface area contributed by atoms with Crippen molar-refractivity contribution in [2.75, 3.05) is 0 Å². The summed E-state index contributed by atoms with van der Waals surface area (Å²) in [4.78, 5) is 0. The average Bonchev–Trinajstić information content (AvgIpc) is 2.52. The molecule has 0 N–H and O–H groups in total. The molecule has 0 amide bonds. The lowest BCUT2D eigenvalue weighted by Crippen LogP contribution is -2.47. The highest BCUT2D eigenvalue weighted by Gasteiger charge is 2.61. The molecule has 0 spiro atoms. The first-order chi connectivity index (χ1) is 12.4. The molecular formula is C13H5F12NO2. The predicted molar refractivity (Wildman–Crippen MR) is 64.2 cm³/mol. The van der Waals surface area contributed by atoms with E-state index >= 15 is 0 Å². The Morgan fingerprint density at radius 1 is 0.714 bits per heavy atom. The molecule has 0 bridgehead atoms. The maximum atomic E-state index is 13.3. The van der Waals surface area contributed by atoms with E-state index in [1.807, 2.05) is 0 Å². The van der Waals surface area contributed by atoms with Gasteiger partial charge in [0.25, 0.3) is 12.3 Å². The molecule has 0 aliphatic heterocycles. The minimum Gasteiger partial charge on any atom is -0.426 e. The molecule has 1 aromatic rings. The third-order valence-corrected chi connectivity index (χ3v) is 2.73. The summed E-state index contributed by atoms with van der Waals surface area (Å²) < 4.78 is 158. The molecule has 3 nitrogen and oxygen atoms in total. The molecule has 0 heterocycles. The van der Waals surface area contributed by atoms with Gasteiger partial charge in [0.2, 0.25) is 0 Å². The number of alkyl halides is 12. The number of nitriles is 1. The average molecular weight is 435 g/mol. The molecule has 0 fully saturated rings. The fraction of sp³-hybridized carbons (Fsp3) is 0.462. The van der Waals surface area contributed by atoms with Gasteiger partial charge >= 0.3 is 24.6 Å². The second kappa shape index (κ2) is 7.47. The summed E-state index contributed by atoms with van der Waals surface area (Å²) in [6.45, 7) is 0. The van der Waals surface area contributed by atoms with Crippen LogP contribution < -0.4 is 9.47 Å². The van der Waals surface area contributed by atoms with E-state index in [1.165, 1.54) is 6.07 Å². The Hall–Kier alpha value is -2.53. The lowest BCUT2D eigenvalue weighted by atomic mass is 10.2. The number of halogens is 12. The molecular weight excluding hydrogens is 430 g/mol. The van der Waals surface area contributed by atoms with Gasteiger partial charge in [-0.1, -0.05) is 0 Å². The zero-order chi connectivity index (χ0) is 22.1. The summed E-state index contributed by atoms with van der Waals surface area (Å²) in [5, 5.41) is 8.57. The van der Waals surface area contributed by atoms with E-state index < -0.39 is 54.0 Å². The van der Waals surface area contributed by atoms with Crippen molar-refractivity contribution in [3.05, 3.63) is 23.8 Å². The van der Waals surface area contributed by atoms with Crippen molar-refractivity contribution in [2.45, 2.75) is 36.9 Å². The molecule has 0 saturated heterocycles. The van der Waals surface area contributed by atoms with Gasteiger partial charge in [-0.05, 0) is 12.1 Å². The topological polar surface area (TPSA) is 42.2 Å². The summed E-state index contributed by atoms with van der Waals surface area (Å²) in [6, 6.07) is 1.86. The third-order valence-electron chi connectivity index (χ3n) is 2.73. The van der Waals surface area contributed by atoms with Crippen LogP contribution in [-0.2, 0) is 0 Å². The van der Waals surface area contributed by atoms with E-state index in [1.54, 1.807) is 0 Å². The lowest BCUT2D eigenvalue weighted by molar-refractivity contribution is -0.312. The van der Waals surface area contributed by atoms with Gasteiger partial charge in [0.05, 0.1) is 11.6 Å². The zero-order valence-electron chi connectivity index (χ0n) is 12.7. The SMILES string of the molecule is N#Cc1ccc(OC(F)(F)C(F)C(F)(F)F)c(OC(F)(F)C(F)C(F)(F)F)c1. The van der Waals surface area contributed by atoms with Crippen LogP contribution in [0.2, 0.25) is 0 Å². The van der Waals surface area contributed by atoms with Gasteiger partial charge in [-0.2, -0.15) is 49.2 Å². The van der Waals surface area contributed by atoms with Gasteiger partial charge in [-0.3, -0.25) is 0 Å². The number of rotatable bonds is 6. The first kappa shape index (κ1) is 23.5. The van der Waals surface area contributed by atoms with Gasteiger partial charge in [-0.15, -0.1) is 0 Å². The molecule has 0 aliphatic rings. The highest BCUT2D eigenvalue weighted by atomic mass is 19.4. The lowest BCUT2D eigenvalue weighted by Gasteiger charge is -2.26. The first-order valence-electron chi connectivity index (χ1n) is 6.51. The Morgan fingerprint density at radius 3 is 1.46 bits per heavy atom. The molecule has 0 aliphatic carbocycles. The number of hydrogen-bond donors (Lipinski definition) is 0. The molecule has 2 unspecified atom stereocenters. The Morgan fingerprint density at radius 2 is 1.11 bits per heavy atom. The summed E-state index contributed by atoms with van der Waals surface area (Å²) in [5.74, 6) is -3.69. The number of nitrogens with zero attached hydrogens (tertiary/aromatic N) is 1. The van der Waals surface area contributed by atoms with E-state index in [9.17, 15) is 52.7 Å². The van der Waals surface area contributed by atoms with Crippen LogP contribution in [0, 0.1) is 11.3 Å². The number of benzene rings is 1. The van der Waals surface area contributed by atoms with Gasteiger partial charge in [0, 0.05) is 6.07 Å². The van der Waals surface area contributed by atoms with Crippen molar-refractivity contribution >= 4 is 0 Å². The van der Waals surface area contributed by atoms with Crippen LogP contribution in [0.3, 0.4) is 0 Å². The Labute approximate surface area is 147 Å². The van der Waals surface area contributed by atoms with Crippen LogP contribution in [-0.4, -0.2) is 36.9 Å². The zero-order valence-corrected chi connectivity index (χ0v) is 12.7. The minimum atomic E-state index is -6.18.